The molecule has 0 saturated heterocycles. The van der Waals surface area contributed by atoms with Crippen LogP contribution in [0.3, 0.4) is 0 Å². The zero-order valence-corrected chi connectivity index (χ0v) is 15.1. The Bertz CT molecular complexity index is 768. The second kappa shape index (κ2) is 8.03. The molecule has 1 aromatic carbocycles. The maximum atomic E-state index is 12.1. The van der Waals surface area contributed by atoms with Crippen LogP contribution in [0.15, 0.2) is 36.5 Å². The van der Waals surface area contributed by atoms with Gasteiger partial charge in [-0.2, -0.15) is 0 Å². The second-order valence-electron chi connectivity index (χ2n) is 6.54. The van der Waals surface area contributed by atoms with Crippen LogP contribution in [0.25, 0.3) is 5.69 Å². The first-order valence-electron chi connectivity index (χ1n) is 8.88. The molecule has 0 aliphatic heterocycles. The molecule has 1 heterocycles. The number of benzene rings is 1. The fraction of sp³-hybridized carbons (Fsp3) is 0.421. The van der Waals surface area contributed by atoms with Gasteiger partial charge in [0.1, 0.15) is 0 Å². The average Bonchev–Trinajstić information content (AvgIpc) is 3.37. The number of aromatic nitrogens is 2. The van der Waals surface area contributed by atoms with Crippen molar-refractivity contribution in [1.29, 1.82) is 0 Å². The van der Waals surface area contributed by atoms with Crippen LogP contribution in [-0.2, 0) is 9.59 Å². The van der Waals surface area contributed by atoms with Gasteiger partial charge in [-0.05, 0) is 38.8 Å². The van der Waals surface area contributed by atoms with E-state index in [4.69, 9.17) is 4.74 Å². The lowest BCUT2D eigenvalue weighted by Gasteiger charge is -2.13. The summed E-state index contributed by atoms with van der Waals surface area (Å²) in [7, 11) is 0. The normalized spacial score (nSPS) is 14.5. The van der Waals surface area contributed by atoms with E-state index >= 15 is 0 Å². The van der Waals surface area contributed by atoms with Gasteiger partial charge >= 0.3 is 0 Å². The first kappa shape index (κ1) is 18.0. The molecule has 0 bridgehead atoms. The highest BCUT2D eigenvalue weighted by Gasteiger charge is 2.23. The topological polar surface area (TPSA) is 85.2 Å². The van der Waals surface area contributed by atoms with E-state index in [1.165, 1.54) is 0 Å². The van der Waals surface area contributed by atoms with Gasteiger partial charge in [-0.15, -0.1) is 5.10 Å². The largest absolute Gasteiger partial charge is 0.463 e. The zero-order chi connectivity index (χ0) is 18.5. The third-order valence-corrected chi connectivity index (χ3v) is 4.12. The van der Waals surface area contributed by atoms with Crippen molar-refractivity contribution in [3.63, 3.8) is 0 Å². The van der Waals surface area contributed by atoms with Gasteiger partial charge in [-0.3, -0.25) is 9.59 Å². The van der Waals surface area contributed by atoms with Crippen molar-refractivity contribution in [2.24, 2.45) is 0 Å². The molecule has 1 unspecified atom stereocenters. The van der Waals surface area contributed by atoms with Gasteiger partial charge < -0.3 is 15.4 Å². The van der Waals surface area contributed by atoms with Crippen LogP contribution < -0.4 is 15.4 Å². The van der Waals surface area contributed by atoms with Crippen LogP contribution >= 0.6 is 0 Å². The Hall–Kier alpha value is -2.83. The lowest BCUT2D eigenvalue weighted by atomic mass is 10.3. The minimum atomic E-state index is -0.695. The SMILES string of the molecule is Cc1cn(-c2ccccc2)nc1OC(C)C(=O)NCCC(=O)NC1CC1. The van der Waals surface area contributed by atoms with Gasteiger partial charge in [0.2, 0.25) is 11.8 Å². The molecule has 0 radical (unpaired) electrons. The van der Waals surface area contributed by atoms with Gasteiger partial charge in [0.05, 0.1) is 5.69 Å². The van der Waals surface area contributed by atoms with Crippen molar-refractivity contribution in [2.45, 2.75) is 45.3 Å². The summed E-state index contributed by atoms with van der Waals surface area (Å²) in [4.78, 5) is 23.8. The molecule has 1 aliphatic rings. The molecule has 7 heteroatoms. The predicted octanol–water partition coefficient (Wildman–Crippen LogP) is 1.73. The smallest absolute Gasteiger partial charge is 0.260 e. The summed E-state index contributed by atoms with van der Waals surface area (Å²) in [6, 6.07) is 10.0. The minimum Gasteiger partial charge on any atom is -0.463 e. The summed E-state index contributed by atoms with van der Waals surface area (Å²) in [5, 5.41) is 10.0. The van der Waals surface area contributed by atoms with Crippen LogP contribution in [0.2, 0.25) is 0 Å². The molecule has 1 aromatic heterocycles. The van der Waals surface area contributed by atoms with E-state index in [1.807, 2.05) is 43.5 Å². The summed E-state index contributed by atoms with van der Waals surface area (Å²) < 4.78 is 7.42. The maximum Gasteiger partial charge on any atom is 0.260 e. The average molecular weight is 356 g/mol. The highest BCUT2D eigenvalue weighted by molar-refractivity contribution is 5.82. The van der Waals surface area contributed by atoms with Crippen LogP contribution in [0, 0.1) is 6.92 Å². The van der Waals surface area contributed by atoms with E-state index in [9.17, 15) is 9.59 Å². The summed E-state index contributed by atoms with van der Waals surface area (Å²) in [5.41, 5.74) is 1.77. The third-order valence-electron chi connectivity index (χ3n) is 4.12. The maximum absolute atomic E-state index is 12.1. The molecule has 1 atom stereocenters. The van der Waals surface area contributed by atoms with Gasteiger partial charge in [0.15, 0.2) is 6.10 Å². The lowest BCUT2D eigenvalue weighted by molar-refractivity contribution is -0.127. The number of carbonyl (C=O) groups is 2. The Morgan fingerprint density at radius 2 is 2.04 bits per heavy atom. The summed E-state index contributed by atoms with van der Waals surface area (Å²) in [6.07, 6.45) is 3.55. The minimum absolute atomic E-state index is 0.0289. The first-order valence-corrected chi connectivity index (χ1v) is 8.88. The Morgan fingerprint density at radius 1 is 1.31 bits per heavy atom. The standard InChI is InChI=1S/C19H24N4O3/c1-13-12-23(16-6-4-3-5-7-16)22-19(13)26-14(2)18(25)20-11-10-17(24)21-15-8-9-15/h3-7,12,14-15H,8-11H2,1-2H3,(H,20,25)(H,21,24). The third kappa shape index (κ3) is 4.84. The van der Waals surface area contributed by atoms with E-state index < -0.39 is 6.10 Å². The Balaban J connectivity index is 1.49. The monoisotopic (exact) mass is 356 g/mol. The van der Waals surface area contributed by atoms with E-state index in [2.05, 4.69) is 15.7 Å². The second-order valence-corrected chi connectivity index (χ2v) is 6.54. The number of rotatable bonds is 8. The summed E-state index contributed by atoms with van der Waals surface area (Å²) in [5.74, 6) is 0.125. The number of nitrogens with one attached hydrogen (secondary N) is 2. The van der Waals surface area contributed by atoms with E-state index in [-0.39, 0.29) is 18.2 Å². The quantitative estimate of drug-likeness (QED) is 0.754. The molecule has 2 N–H and O–H groups in total. The summed E-state index contributed by atoms with van der Waals surface area (Å²) in [6.45, 7) is 3.84. The van der Waals surface area contributed by atoms with Crippen molar-refractivity contribution in [3.8, 4) is 11.6 Å². The van der Waals surface area contributed by atoms with Crippen LogP contribution in [0.1, 0.15) is 31.7 Å². The predicted molar refractivity (Wildman–Crippen MR) is 97.2 cm³/mol. The van der Waals surface area contributed by atoms with E-state index in [0.717, 1.165) is 24.1 Å². The molecule has 2 amide bonds. The lowest BCUT2D eigenvalue weighted by Crippen LogP contribution is -2.38. The van der Waals surface area contributed by atoms with Crippen LogP contribution in [0.4, 0.5) is 0 Å². The fourth-order valence-corrected chi connectivity index (χ4v) is 2.47. The number of para-hydroxylation sites is 1. The van der Waals surface area contributed by atoms with Gasteiger partial charge in [-0.25, -0.2) is 4.68 Å². The summed E-state index contributed by atoms with van der Waals surface area (Å²) >= 11 is 0. The molecule has 1 fully saturated rings. The zero-order valence-electron chi connectivity index (χ0n) is 15.1. The number of ether oxygens (including phenoxy) is 1. The number of aryl methyl sites for hydroxylation is 1. The van der Waals surface area contributed by atoms with Crippen molar-refractivity contribution in [2.75, 3.05) is 6.54 Å². The van der Waals surface area contributed by atoms with E-state index in [0.29, 0.717) is 18.5 Å². The Kier molecular flexibility index (Phi) is 5.55. The number of hydrogen-bond acceptors (Lipinski definition) is 4. The molecule has 3 rings (SSSR count). The molecule has 26 heavy (non-hydrogen) atoms. The highest BCUT2D eigenvalue weighted by atomic mass is 16.5. The highest BCUT2D eigenvalue weighted by Crippen LogP contribution is 2.19. The molecule has 1 aliphatic carbocycles. The molecular weight excluding hydrogens is 332 g/mol. The fourth-order valence-electron chi connectivity index (χ4n) is 2.47. The number of hydrogen-bond donors (Lipinski definition) is 2. The molecular formula is C19H24N4O3. The number of carbonyl (C=O) groups excluding carboxylic acids is 2. The van der Waals surface area contributed by atoms with Crippen LogP contribution in [-0.4, -0.2) is 40.3 Å². The molecule has 138 valence electrons. The van der Waals surface area contributed by atoms with Crippen molar-refractivity contribution in [3.05, 3.63) is 42.1 Å². The Morgan fingerprint density at radius 3 is 2.73 bits per heavy atom. The van der Waals surface area contributed by atoms with E-state index in [1.54, 1.807) is 11.6 Å². The molecule has 1 saturated carbocycles. The van der Waals surface area contributed by atoms with Crippen molar-refractivity contribution in [1.82, 2.24) is 20.4 Å². The molecule has 2 aromatic rings. The molecule has 7 nitrogen and oxygen atoms in total. The first-order chi connectivity index (χ1) is 12.5. The molecule has 0 spiro atoms. The van der Waals surface area contributed by atoms with Gasteiger partial charge in [-0.1, -0.05) is 18.2 Å². The number of nitrogens with zero attached hydrogens (tertiary/aromatic N) is 2. The van der Waals surface area contributed by atoms with Gasteiger partial charge in [0.25, 0.3) is 5.91 Å². The van der Waals surface area contributed by atoms with Crippen molar-refractivity contribution >= 4 is 11.8 Å². The van der Waals surface area contributed by atoms with Crippen LogP contribution in [0.5, 0.6) is 5.88 Å². The Labute approximate surface area is 152 Å². The number of amides is 2. The van der Waals surface area contributed by atoms with Crippen molar-refractivity contribution < 1.29 is 14.3 Å². The van der Waals surface area contributed by atoms with Gasteiger partial charge in [0, 0.05) is 30.8 Å².